The minimum absolute atomic E-state index is 0.0243. The van der Waals surface area contributed by atoms with Gasteiger partial charge in [0.15, 0.2) is 0 Å². The lowest BCUT2D eigenvalue weighted by molar-refractivity contribution is -0.132. The molecule has 9 heteroatoms. The van der Waals surface area contributed by atoms with E-state index >= 15 is 0 Å². The van der Waals surface area contributed by atoms with Crippen molar-refractivity contribution in [3.8, 4) is 5.75 Å². The Balaban J connectivity index is 1.29. The van der Waals surface area contributed by atoms with Crippen LogP contribution in [0.4, 0.5) is 0 Å². The van der Waals surface area contributed by atoms with E-state index < -0.39 is 27.8 Å². The van der Waals surface area contributed by atoms with Gasteiger partial charge in [0, 0.05) is 38.3 Å². The predicted molar refractivity (Wildman–Crippen MR) is 163 cm³/mol. The normalized spacial score (nSPS) is 20.5. The zero-order chi connectivity index (χ0) is 29.9. The molecule has 2 atom stereocenters. The number of nitrogens with one attached hydrogen (secondary N) is 1. The summed E-state index contributed by atoms with van der Waals surface area (Å²) < 4.78 is 35.6. The predicted octanol–water partition coefficient (Wildman–Crippen LogP) is 4.08. The molecule has 1 fully saturated rings. The fraction of sp³-hybridized carbons (Fsp3) is 0.424. The Morgan fingerprint density at radius 3 is 2.29 bits per heavy atom. The quantitative estimate of drug-likeness (QED) is 0.389. The fourth-order valence-corrected chi connectivity index (χ4v) is 6.95. The van der Waals surface area contributed by atoms with Crippen LogP contribution >= 0.6 is 0 Å². The minimum atomic E-state index is -3.94. The number of ether oxygens (including phenoxy) is 1. The van der Waals surface area contributed by atoms with Gasteiger partial charge in [-0.15, -0.1) is 0 Å². The molecule has 2 aliphatic heterocycles. The molecule has 3 aromatic carbocycles. The largest absolute Gasteiger partial charge is 0.485 e. The molecule has 2 heterocycles. The lowest BCUT2D eigenvalue weighted by Crippen LogP contribution is -2.53. The smallest absolute Gasteiger partial charge is 0.241 e. The minimum Gasteiger partial charge on any atom is -0.485 e. The molecule has 0 aliphatic carbocycles. The van der Waals surface area contributed by atoms with Crippen molar-refractivity contribution in [1.29, 1.82) is 0 Å². The molecule has 1 saturated heterocycles. The van der Waals surface area contributed by atoms with E-state index in [1.807, 2.05) is 41.3 Å². The summed E-state index contributed by atoms with van der Waals surface area (Å²) in [6, 6.07) is 21.6. The van der Waals surface area contributed by atoms with E-state index in [2.05, 4.69) is 28.7 Å². The summed E-state index contributed by atoms with van der Waals surface area (Å²) in [5, 5.41) is 11.2. The third-order valence-electron chi connectivity index (χ3n) is 8.19. The van der Waals surface area contributed by atoms with Crippen molar-refractivity contribution >= 4 is 15.9 Å². The number of rotatable bonds is 9. The second-order valence-electron chi connectivity index (χ2n) is 11.8. The molecule has 8 nitrogen and oxygen atoms in total. The highest BCUT2D eigenvalue weighted by Gasteiger charge is 2.44. The van der Waals surface area contributed by atoms with Crippen molar-refractivity contribution in [3.63, 3.8) is 0 Å². The first-order valence-corrected chi connectivity index (χ1v) is 16.2. The van der Waals surface area contributed by atoms with Gasteiger partial charge in [-0.25, -0.2) is 13.1 Å². The number of fused-ring (bicyclic) bond motifs is 1. The first-order valence-electron chi connectivity index (χ1n) is 14.7. The number of carbonyl (C=O) groups is 1. The molecule has 0 spiro atoms. The molecule has 5 rings (SSSR count). The molecular formula is C33H41N3O5S. The van der Waals surface area contributed by atoms with Gasteiger partial charge in [0.2, 0.25) is 15.9 Å². The lowest BCUT2D eigenvalue weighted by Gasteiger charge is -2.42. The zero-order valence-corrected chi connectivity index (χ0v) is 25.4. The first kappa shape index (κ1) is 30.2. The van der Waals surface area contributed by atoms with E-state index in [1.54, 1.807) is 38.1 Å². The van der Waals surface area contributed by atoms with Crippen molar-refractivity contribution < 1.29 is 23.1 Å². The second-order valence-corrected chi connectivity index (χ2v) is 13.5. The van der Waals surface area contributed by atoms with E-state index in [4.69, 9.17) is 4.74 Å². The van der Waals surface area contributed by atoms with Crippen LogP contribution in [0.1, 0.15) is 55.5 Å². The maximum absolute atomic E-state index is 13.4. The molecule has 0 bridgehead atoms. The summed E-state index contributed by atoms with van der Waals surface area (Å²) >= 11 is 0. The maximum atomic E-state index is 13.4. The van der Waals surface area contributed by atoms with Gasteiger partial charge >= 0.3 is 0 Å². The number of aryl methyl sites for hydroxylation is 1. The Labute approximate surface area is 249 Å². The Kier molecular flexibility index (Phi) is 9.03. The van der Waals surface area contributed by atoms with Gasteiger partial charge in [-0.05, 0) is 61.2 Å². The Morgan fingerprint density at radius 1 is 0.952 bits per heavy atom. The molecule has 0 aromatic heterocycles. The highest BCUT2D eigenvalue weighted by atomic mass is 32.2. The molecule has 2 aliphatic rings. The standard InChI is InChI=1S/C33H41N3O5S/c1-4-8-24-11-14-27(15-12-24)42(39,40)34-31-28-21-26(13-16-29(28)41-33(2,3)32(31)38)22-30(37)36-19-17-35(18-20-36)23-25-9-6-5-7-10-25/h5-7,9-16,21,31-32,34,38H,4,8,17-20,22-23H2,1-3H3. The number of aliphatic hydroxyl groups is 1. The summed E-state index contributed by atoms with van der Waals surface area (Å²) in [6.07, 6.45) is 0.880. The number of carbonyl (C=O) groups excluding carboxylic acids is 1. The van der Waals surface area contributed by atoms with Crippen LogP contribution < -0.4 is 9.46 Å². The summed E-state index contributed by atoms with van der Waals surface area (Å²) in [6.45, 7) is 9.34. The Bertz CT molecular complexity index is 1480. The van der Waals surface area contributed by atoms with Gasteiger partial charge in [0.25, 0.3) is 0 Å². The number of hydrogen-bond acceptors (Lipinski definition) is 6. The van der Waals surface area contributed by atoms with Crippen molar-refractivity contribution in [3.05, 3.63) is 95.1 Å². The Morgan fingerprint density at radius 2 is 1.62 bits per heavy atom. The second kappa shape index (κ2) is 12.6. The van der Waals surface area contributed by atoms with Crippen LogP contribution in [0.2, 0.25) is 0 Å². The van der Waals surface area contributed by atoms with Gasteiger partial charge < -0.3 is 14.7 Å². The Hall–Kier alpha value is -3.24. The molecule has 42 heavy (non-hydrogen) atoms. The molecule has 3 aromatic rings. The van der Waals surface area contributed by atoms with Gasteiger partial charge in [0.05, 0.1) is 17.4 Å². The van der Waals surface area contributed by atoms with Crippen molar-refractivity contribution in [2.45, 2.75) is 69.2 Å². The molecule has 0 radical (unpaired) electrons. The molecule has 224 valence electrons. The van der Waals surface area contributed by atoms with Crippen molar-refractivity contribution in [1.82, 2.24) is 14.5 Å². The van der Waals surface area contributed by atoms with Crippen LogP contribution in [0, 0.1) is 0 Å². The number of hydrogen-bond donors (Lipinski definition) is 2. The van der Waals surface area contributed by atoms with Crippen LogP contribution in [0.25, 0.3) is 0 Å². The summed E-state index contributed by atoms with van der Waals surface area (Å²) in [5.41, 5.74) is 2.57. The summed E-state index contributed by atoms with van der Waals surface area (Å²) in [5.74, 6) is 0.512. The number of aliphatic hydroxyl groups excluding tert-OH is 1. The van der Waals surface area contributed by atoms with E-state index in [-0.39, 0.29) is 17.2 Å². The van der Waals surface area contributed by atoms with Gasteiger partial charge in [-0.2, -0.15) is 0 Å². The molecule has 0 saturated carbocycles. The van der Waals surface area contributed by atoms with Crippen molar-refractivity contribution in [2.75, 3.05) is 26.2 Å². The van der Waals surface area contributed by atoms with Crippen LogP contribution in [-0.2, 0) is 34.2 Å². The monoisotopic (exact) mass is 591 g/mol. The first-order chi connectivity index (χ1) is 20.1. The summed E-state index contributed by atoms with van der Waals surface area (Å²) in [4.78, 5) is 17.6. The van der Waals surface area contributed by atoms with E-state index in [0.29, 0.717) is 24.4 Å². The third-order valence-corrected chi connectivity index (χ3v) is 9.65. The van der Waals surface area contributed by atoms with E-state index in [0.717, 1.165) is 43.6 Å². The maximum Gasteiger partial charge on any atom is 0.241 e. The highest BCUT2D eigenvalue weighted by Crippen LogP contribution is 2.41. The lowest BCUT2D eigenvalue weighted by atomic mass is 9.86. The van der Waals surface area contributed by atoms with Gasteiger partial charge in [-0.3, -0.25) is 9.69 Å². The topological polar surface area (TPSA) is 99.2 Å². The zero-order valence-electron chi connectivity index (χ0n) is 24.6. The number of nitrogens with zero attached hydrogens (tertiary/aromatic N) is 2. The van der Waals surface area contributed by atoms with Gasteiger partial charge in [-0.1, -0.05) is 61.9 Å². The van der Waals surface area contributed by atoms with Crippen LogP contribution in [0.5, 0.6) is 5.75 Å². The van der Waals surface area contributed by atoms with Crippen LogP contribution in [0.3, 0.4) is 0 Å². The fourth-order valence-electron chi connectivity index (χ4n) is 5.73. The van der Waals surface area contributed by atoms with E-state index in [9.17, 15) is 18.3 Å². The summed E-state index contributed by atoms with van der Waals surface area (Å²) in [7, 11) is -3.94. The SMILES string of the molecule is CCCc1ccc(S(=O)(=O)NC2c3cc(CC(=O)N4CCN(Cc5ccccc5)CC4)ccc3OC(C)(C)C2O)cc1. The average molecular weight is 592 g/mol. The average Bonchev–Trinajstić information content (AvgIpc) is 2.97. The number of amides is 1. The molecule has 2 N–H and O–H groups in total. The number of benzene rings is 3. The molecular weight excluding hydrogens is 550 g/mol. The van der Waals surface area contributed by atoms with Crippen LogP contribution in [0.15, 0.2) is 77.7 Å². The number of piperazine rings is 1. The highest BCUT2D eigenvalue weighted by molar-refractivity contribution is 7.89. The molecule has 1 amide bonds. The van der Waals surface area contributed by atoms with Crippen molar-refractivity contribution in [2.24, 2.45) is 0 Å². The van der Waals surface area contributed by atoms with Crippen LogP contribution in [-0.4, -0.2) is 67.1 Å². The third kappa shape index (κ3) is 6.86. The molecule has 2 unspecified atom stereocenters. The van der Waals surface area contributed by atoms with E-state index in [1.165, 1.54) is 5.56 Å². The number of sulfonamides is 1. The van der Waals surface area contributed by atoms with Gasteiger partial charge in [0.1, 0.15) is 17.5 Å².